The smallest absolute Gasteiger partial charge is 0.0403 e. The van der Waals surface area contributed by atoms with Gasteiger partial charge in [-0.25, -0.2) is 0 Å². The Hall–Kier alpha value is -1.02. The van der Waals surface area contributed by atoms with Crippen LogP contribution in [0.2, 0.25) is 0 Å². The van der Waals surface area contributed by atoms with E-state index in [1.807, 2.05) is 0 Å². The Balaban J connectivity index is 2.45. The first kappa shape index (κ1) is 14.4. The summed E-state index contributed by atoms with van der Waals surface area (Å²) in [4.78, 5) is 2.59. The second kappa shape index (κ2) is 4.82. The van der Waals surface area contributed by atoms with Gasteiger partial charge in [-0.2, -0.15) is 0 Å². The Bertz CT molecular complexity index is 460. The van der Waals surface area contributed by atoms with E-state index in [2.05, 4.69) is 70.0 Å². The maximum absolute atomic E-state index is 3.67. The van der Waals surface area contributed by atoms with Crippen molar-refractivity contribution >= 4 is 5.69 Å². The Morgan fingerprint density at radius 2 is 1.79 bits per heavy atom. The van der Waals surface area contributed by atoms with Crippen molar-refractivity contribution in [2.24, 2.45) is 0 Å². The largest absolute Gasteiger partial charge is 0.364 e. The van der Waals surface area contributed by atoms with Crippen molar-refractivity contribution in [3.8, 4) is 0 Å². The van der Waals surface area contributed by atoms with Crippen LogP contribution in [0.1, 0.15) is 45.2 Å². The molecule has 0 aromatic heterocycles. The molecule has 1 aliphatic rings. The van der Waals surface area contributed by atoms with Crippen LogP contribution in [-0.4, -0.2) is 24.2 Å². The molecule has 0 radical (unpaired) electrons. The van der Waals surface area contributed by atoms with Crippen LogP contribution in [0.4, 0.5) is 5.69 Å². The van der Waals surface area contributed by atoms with Gasteiger partial charge in [0, 0.05) is 23.3 Å². The number of benzene rings is 1. The number of rotatable bonds is 1. The lowest BCUT2D eigenvalue weighted by Crippen LogP contribution is -2.51. The minimum atomic E-state index is 0.157. The van der Waals surface area contributed by atoms with Gasteiger partial charge in [0.2, 0.25) is 0 Å². The molecule has 1 aromatic rings. The van der Waals surface area contributed by atoms with Gasteiger partial charge >= 0.3 is 0 Å². The van der Waals surface area contributed by atoms with Crippen LogP contribution in [-0.2, 0) is 0 Å². The predicted molar refractivity (Wildman–Crippen MR) is 84.0 cm³/mol. The lowest BCUT2D eigenvalue weighted by atomic mass is 9.95. The highest BCUT2D eigenvalue weighted by Crippen LogP contribution is 2.33. The lowest BCUT2D eigenvalue weighted by Gasteiger charge is -2.42. The molecule has 19 heavy (non-hydrogen) atoms. The first-order valence-corrected chi connectivity index (χ1v) is 7.31. The van der Waals surface area contributed by atoms with E-state index in [0.717, 1.165) is 13.1 Å². The van der Waals surface area contributed by atoms with E-state index in [1.165, 1.54) is 23.2 Å². The molecule has 106 valence electrons. The highest BCUT2D eigenvalue weighted by atomic mass is 15.2. The van der Waals surface area contributed by atoms with Gasteiger partial charge in [-0.1, -0.05) is 12.1 Å². The highest BCUT2D eigenvalue weighted by molar-refractivity contribution is 5.57. The minimum absolute atomic E-state index is 0.157. The molecule has 0 aliphatic carbocycles. The third kappa shape index (κ3) is 3.11. The maximum Gasteiger partial charge on any atom is 0.0403 e. The van der Waals surface area contributed by atoms with Crippen LogP contribution in [0.3, 0.4) is 0 Å². The molecular weight excluding hydrogens is 232 g/mol. The minimum Gasteiger partial charge on any atom is -0.364 e. The van der Waals surface area contributed by atoms with Crippen LogP contribution in [0, 0.1) is 13.8 Å². The first-order chi connectivity index (χ1) is 8.71. The fraction of sp³-hybridized carbons (Fsp3) is 0.647. The second-order valence-electron chi connectivity index (χ2n) is 7.25. The van der Waals surface area contributed by atoms with Crippen LogP contribution < -0.4 is 10.2 Å². The average molecular weight is 260 g/mol. The SMILES string of the molecule is Cc1ccc(C)c(N2CC(C)(C)NCCC2(C)C)c1. The van der Waals surface area contributed by atoms with E-state index in [0.29, 0.717) is 0 Å². The van der Waals surface area contributed by atoms with E-state index in [9.17, 15) is 0 Å². The molecule has 1 heterocycles. The summed E-state index contributed by atoms with van der Waals surface area (Å²) in [6.07, 6.45) is 1.17. The fourth-order valence-corrected chi connectivity index (χ4v) is 2.93. The zero-order valence-corrected chi connectivity index (χ0v) is 13.3. The van der Waals surface area contributed by atoms with E-state index >= 15 is 0 Å². The summed E-state index contributed by atoms with van der Waals surface area (Å²) in [7, 11) is 0. The number of hydrogen-bond donors (Lipinski definition) is 1. The summed E-state index contributed by atoms with van der Waals surface area (Å²) >= 11 is 0. The summed E-state index contributed by atoms with van der Waals surface area (Å²) in [6, 6.07) is 6.78. The van der Waals surface area contributed by atoms with Crippen molar-refractivity contribution in [2.75, 3.05) is 18.0 Å². The van der Waals surface area contributed by atoms with Crippen molar-refractivity contribution in [3.05, 3.63) is 29.3 Å². The summed E-state index contributed by atoms with van der Waals surface area (Å²) < 4.78 is 0. The molecular formula is C17H28N2. The number of aryl methyl sites for hydroxylation is 2. The van der Waals surface area contributed by atoms with Crippen LogP contribution in [0.15, 0.2) is 18.2 Å². The maximum atomic E-state index is 3.67. The summed E-state index contributed by atoms with van der Waals surface area (Å²) in [5.74, 6) is 0. The van der Waals surface area contributed by atoms with Gasteiger partial charge < -0.3 is 10.2 Å². The first-order valence-electron chi connectivity index (χ1n) is 7.31. The molecule has 2 nitrogen and oxygen atoms in total. The van der Waals surface area contributed by atoms with Crippen molar-refractivity contribution in [2.45, 2.75) is 59.0 Å². The molecule has 0 bridgehead atoms. The summed E-state index contributed by atoms with van der Waals surface area (Å²) in [5.41, 5.74) is 4.45. The molecule has 0 saturated carbocycles. The van der Waals surface area contributed by atoms with Crippen LogP contribution >= 0.6 is 0 Å². The average Bonchev–Trinajstić information content (AvgIpc) is 2.38. The molecule has 0 atom stereocenters. The molecule has 1 fully saturated rings. The van der Waals surface area contributed by atoms with Gasteiger partial charge in [-0.15, -0.1) is 0 Å². The molecule has 1 N–H and O–H groups in total. The molecule has 1 aliphatic heterocycles. The van der Waals surface area contributed by atoms with E-state index in [1.54, 1.807) is 0 Å². The molecule has 2 heteroatoms. The normalized spacial score (nSPS) is 22.1. The molecule has 1 saturated heterocycles. The van der Waals surface area contributed by atoms with Gasteiger partial charge in [0.25, 0.3) is 0 Å². The van der Waals surface area contributed by atoms with E-state index in [-0.39, 0.29) is 11.1 Å². The number of anilines is 1. The number of nitrogens with one attached hydrogen (secondary N) is 1. The van der Waals surface area contributed by atoms with Gasteiger partial charge in [-0.3, -0.25) is 0 Å². The molecule has 0 unspecified atom stereocenters. The lowest BCUT2D eigenvalue weighted by molar-refractivity contribution is 0.409. The van der Waals surface area contributed by atoms with Crippen molar-refractivity contribution in [3.63, 3.8) is 0 Å². The Morgan fingerprint density at radius 1 is 1.11 bits per heavy atom. The van der Waals surface area contributed by atoms with Gasteiger partial charge in [0.1, 0.15) is 0 Å². The number of nitrogens with zero attached hydrogens (tertiary/aromatic N) is 1. The molecule has 0 amide bonds. The van der Waals surface area contributed by atoms with Crippen LogP contribution in [0.25, 0.3) is 0 Å². The topological polar surface area (TPSA) is 15.3 Å². The Kier molecular flexibility index (Phi) is 3.65. The Labute approximate surface area is 118 Å². The molecule has 2 rings (SSSR count). The summed E-state index contributed by atoms with van der Waals surface area (Å²) in [6.45, 7) is 15.8. The molecule has 0 spiro atoms. The third-order valence-corrected chi connectivity index (χ3v) is 4.28. The molecule has 1 aromatic carbocycles. The summed E-state index contributed by atoms with van der Waals surface area (Å²) in [5, 5.41) is 3.67. The standard InChI is InChI=1S/C17H28N2/c1-13-7-8-14(2)15(11-13)19-12-16(3,4)18-10-9-17(19,5)6/h7-8,11,18H,9-10,12H2,1-6H3. The van der Waals surface area contributed by atoms with Gasteiger partial charge in [0.15, 0.2) is 0 Å². The Morgan fingerprint density at radius 3 is 2.47 bits per heavy atom. The number of hydrogen-bond acceptors (Lipinski definition) is 2. The van der Waals surface area contributed by atoms with E-state index < -0.39 is 0 Å². The van der Waals surface area contributed by atoms with Crippen molar-refractivity contribution < 1.29 is 0 Å². The fourth-order valence-electron chi connectivity index (χ4n) is 2.93. The predicted octanol–water partition coefficient (Wildman–Crippen LogP) is 3.66. The van der Waals surface area contributed by atoms with E-state index in [4.69, 9.17) is 0 Å². The zero-order chi connectivity index (χ0) is 14.3. The third-order valence-electron chi connectivity index (χ3n) is 4.28. The quantitative estimate of drug-likeness (QED) is 0.829. The van der Waals surface area contributed by atoms with Gasteiger partial charge in [0.05, 0.1) is 0 Å². The highest BCUT2D eigenvalue weighted by Gasteiger charge is 2.35. The van der Waals surface area contributed by atoms with Crippen molar-refractivity contribution in [1.82, 2.24) is 5.32 Å². The monoisotopic (exact) mass is 260 g/mol. The van der Waals surface area contributed by atoms with Crippen molar-refractivity contribution in [1.29, 1.82) is 0 Å². The van der Waals surface area contributed by atoms with Crippen LogP contribution in [0.5, 0.6) is 0 Å². The van der Waals surface area contributed by atoms with Gasteiger partial charge in [-0.05, 0) is 71.7 Å². The zero-order valence-electron chi connectivity index (χ0n) is 13.3. The second-order valence-corrected chi connectivity index (χ2v) is 7.25.